The fourth-order valence-electron chi connectivity index (χ4n) is 3.26. The maximum absolute atomic E-state index is 13.0. The van der Waals surface area contributed by atoms with Crippen molar-refractivity contribution >= 4 is 22.7 Å². The number of carbonyl (C=O) groups excluding carboxylic acids is 2. The maximum atomic E-state index is 13.0. The Bertz CT molecular complexity index is 1190. The summed E-state index contributed by atoms with van der Waals surface area (Å²) in [6.45, 7) is 2.81. The number of aromatic nitrogens is 1. The molecule has 0 saturated carbocycles. The second-order valence-electron chi connectivity index (χ2n) is 6.46. The van der Waals surface area contributed by atoms with Crippen LogP contribution >= 0.6 is 0 Å². The van der Waals surface area contributed by atoms with Crippen molar-refractivity contribution in [2.24, 2.45) is 0 Å². The Kier molecular flexibility index (Phi) is 5.04. The zero-order valence-corrected chi connectivity index (χ0v) is 15.8. The van der Waals surface area contributed by atoms with Gasteiger partial charge in [-0.05, 0) is 61.9 Å². The number of fused-ring (bicyclic) bond motifs is 1. The van der Waals surface area contributed by atoms with Crippen molar-refractivity contribution in [3.05, 3.63) is 75.1 Å². The number of hydrogen-bond donors (Lipinski definition) is 0. The predicted octanol–water partition coefficient (Wildman–Crippen LogP) is 4.31. The van der Waals surface area contributed by atoms with Gasteiger partial charge in [-0.1, -0.05) is 0 Å². The first-order valence-electron chi connectivity index (χ1n) is 8.52. The number of Topliss-reactive ketones (excluding diaryl/α,β-unsaturated/α-hetero) is 1. The molecule has 2 aromatic carbocycles. The summed E-state index contributed by atoms with van der Waals surface area (Å²) in [7, 11) is 1.23. The highest BCUT2D eigenvalue weighted by Crippen LogP contribution is 2.30. The molecule has 8 heteroatoms. The summed E-state index contributed by atoms with van der Waals surface area (Å²) in [6, 6.07) is 8.49. The average Bonchev–Trinajstić information content (AvgIpc) is 2.66. The number of aryl methyl sites for hydroxylation is 1. The third-order valence-corrected chi connectivity index (χ3v) is 4.66. The van der Waals surface area contributed by atoms with Crippen molar-refractivity contribution in [1.29, 1.82) is 0 Å². The highest BCUT2D eigenvalue weighted by molar-refractivity contribution is 6.02. The number of nitrogens with zero attached hydrogens (tertiary/aromatic N) is 1. The quantitative estimate of drug-likeness (QED) is 0.483. The Morgan fingerprint density at radius 3 is 2.17 bits per heavy atom. The van der Waals surface area contributed by atoms with Crippen LogP contribution in [0.2, 0.25) is 0 Å². The van der Waals surface area contributed by atoms with Crippen LogP contribution in [0.5, 0.6) is 0 Å². The monoisotopic (exact) mass is 403 g/mol. The van der Waals surface area contributed by atoms with E-state index in [1.54, 1.807) is 6.92 Å². The van der Waals surface area contributed by atoms with E-state index in [4.69, 9.17) is 4.74 Å². The van der Waals surface area contributed by atoms with Crippen LogP contribution < -0.4 is 5.56 Å². The molecule has 3 rings (SSSR count). The van der Waals surface area contributed by atoms with Gasteiger partial charge < -0.3 is 4.74 Å². The minimum Gasteiger partial charge on any atom is -0.465 e. The van der Waals surface area contributed by atoms with E-state index in [0.29, 0.717) is 16.5 Å². The van der Waals surface area contributed by atoms with Gasteiger partial charge in [0.25, 0.3) is 5.56 Å². The van der Waals surface area contributed by atoms with Gasteiger partial charge in [-0.3, -0.25) is 14.2 Å². The van der Waals surface area contributed by atoms with Crippen LogP contribution in [0.15, 0.2) is 47.3 Å². The van der Waals surface area contributed by atoms with Crippen LogP contribution in [0.3, 0.4) is 0 Å². The Morgan fingerprint density at radius 2 is 1.66 bits per heavy atom. The molecule has 0 amide bonds. The molecule has 1 aromatic heterocycles. The lowest BCUT2D eigenvalue weighted by Gasteiger charge is -2.16. The number of alkyl halides is 3. The van der Waals surface area contributed by atoms with Gasteiger partial charge in [0.15, 0.2) is 5.78 Å². The van der Waals surface area contributed by atoms with Gasteiger partial charge in [-0.2, -0.15) is 13.2 Å². The highest BCUT2D eigenvalue weighted by Gasteiger charge is 2.30. The molecule has 0 unspecified atom stereocenters. The van der Waals surface area contributed by atoms with Gasteiger partial charge in [0.1, 0.15) is 0 Å². The number of benzene rings is 2. The summed E-state index contributed by atoms with van der Waals surface area (Å²) < 4.78 is 44.5. The summed E-state index contributed by atoms with van der Waals surface area (Å²) >= 11 is 0. The summed E-state index contributed by atoms with van der Waals surface area (Å²) in [5, 5.41) is 0.442. The van der Waals surface area contributed by atoms with Gasteiger partial charge in [0, 0.05) is 11.1 Å². The summed E-state index contributed by atoms with van der Waals surface area (Å²) in [5.41, 5.74) is -0.481. The van der Waals surface area contributed by atoms with Crippen LogP contribution in [-0.4, -0.2) is 23.4 Å². The molecule has 0 aliphatic carbocycles. The standard InChI is InChI=1S/C21H16F3NO4/c1-11-16-10-13(20(28)29-3)4-9-17(16)25(19(27)18(11)12(2)26)15-7-5-14(6-8-15)21(22,23)24/h4-10H,1-3H3. The van der Waals surface area contributed by atoms with E-state index in [1.165, 1.54) is 36.8 Å². The molecular formula is C21H16F3NO4. The summed E-state index contributed by atoms with van der Waals surface area (Å²) in [5.74, 6) is -1.08. The second-order valence-corrected chi connectivity index (χ2v) is 6.46. The Balaban J connectivity index is 2.38. The van der Waals surface area contributed by atoms with E-state index in [1.807, 2.05) is 0 Å². The van der Waals surface area contributed by atoms with Crippen LogP contribution in [0, 0.1) is 6.92 Å². The predicted molar refractivity (Wildman–Crippen MR) is 101 cm³/mol. The number of esters is 1. The number of hydrogen-bond acceptors (Lipinski definition) is 4. The molecule has 0 bridgehead atoms. The van der Waals surface area contributed by atoms with E-state index in [9.17, 15) is 27.6 Å². The number of pyridine rings is 1. The molecular weight excluding hydrogens is 387 g/mol. The maximum Gasteiger partial charge on any atom is 0.416 e. The summed E-state index contributed by atoms with van der Waals surface area (Å²) in [4.78, 5) is 37.0. The molecule has 5 nitrogen and oxygen atoms in total. The first-order chi connectivity index (χ1) is 13.6. The van der Waals surface area contributed by atoms with Crippen molar-refractivity contribution in [2.45, 2.75) is 20.0 Å². The highest BCUT2D eigenvalue weighted by atomic mass is 19.4. The first kappa shape index (κ1) is 20.3. The topological polar surface area (TPSA) is 65.4 Å². The molecule has 150 valence electrons. The first-order valence-corrected chi connectivity index (χ1v) is 8.52. The van der Waals surface area contributed by atoms with Crippen LogP contribution in [0.25, 0.3) is 16.6 Å². The van der Waals surface area contributed by atoms with Crippen molar-refractivity contribution in [3.63, 3.8) is 0 Å². The molecule has 0 saturated heterocycles. The van der Waals surface area contributed by atoms with Crippen molar-refractivity contribution < 1.29 is 27.5 Å². The van der Waals surface area contributed by atoms with Gasteiger partial charge in [-0.25, -0.2) is 4.79 Å². The second kappa shape index (κ2) is 7.20. The van der Waals surface area contributed by atoms with Crippen molar-refractivity contribution in [1.82, 2.24) is 4.57 Å². The zero-order chi connectivity index (χ0) is 21.5. The molecule has 0 radical (unpaired) electrons. The molecule has 0 N–H and O–H groups in total. The number of carbonyl (C=O) groups is 2. The van der Waals surface area contributed by atoms with Gasteiger partial charge in [-0.15, -0.1) is 0 Å². The Morgan fingerprint density at radius 1 is 1.03 bits per heavy atom. The van der Waals surface area contributed by atoms with Gasteiger partial charge in [0.2, 0.25) is 0 Å². The number of ketones is 1. The molecule has 29 heavy (non-hydrogen) atoms. The van der Waals surface area contributed by atoms with E-state index in [0.717, 1.165) is 24.3 Å². The minimum atomic E-state index is -4.52. The van der Waals surface area contributed by atoms with Gasteiger partial charge >= 0.3 is 12.1 Å². The molecule has 0 fully saturated rings. The molecule has 0 aliphatic rings. The van der Waals surface area contributed by atoms with Crippen molar-refractivity contribution in [3.8, 4) is 5.69 Å². The summed E-state index contributed by atoms with van der Waals surface area (Å²) in [6.07, 6.45) is -4.52. The van der Waals surface area contributed by atoms with E-state index in [2.05, 4.69) is 0 Å². The molecule has 0 aliphatic heterocycles. The normalized spacial score (nSPS) is 11.5. The van der Waals surface area contributed by atoms with E-state index >= 15 is 0 Å². The van der Waals surface area contributed by atoms with Crippen molar-refractivity contribution in [2.75, 3.05) is 7.11 Å². The SMILES string of the molecule is COC(=O)c1ccc2c(c1)c(C)c(C(C)=O)c(=O)n2-c1ccc(C(F)(F)F)cc1. The molecule has 0 spiro atoms. The lowest BCUT2D eigenvalue weighted by molar-refractivity contribution is -0.137. The van der Waals surface area contributed by atoms with Crippen LogP contribution in [0.1, 0.15) is 38.8 Å². The molecule has 1 heterocycles. The lowest BCUT2D eigenvalue weighted by Crippen LogP contribution is -2.26. The van der Waals surface area contributed by atoms with Crippen LogP contribution in [0.4, 0.5) is 13.2 Å². The van der Waals surface area contributed by atoms with Gasteiger partial charge in [0.05, 0.1) is 29.3 Å². The third-order valence-electron chi connectivity index (χ3n) is 4.66. The van der Waals surface area contributed by atoms with E-state index in [-0.39, 0.29) is 16.8 Å². The minimum absolute atomic E-state index is 0.0978. The fraction of sp³-hybridized carbons (Fsp3) is 0.190. The molecule has 0 atom stereocenters. The Labute approximate surface area is 163 Å². The smallest absolute Gasteiger partial charge is 0.416 e. The van der Waals surface area contributed by atoms with E-state index < -0.39 is 29.1 Å². The largest absolute Gasteiger partial charge is 0.465 e. The zero-order valence-electron chi connectivity index (χ0n) is 15.8. The fourth-order valence-corrected chi connectivity index (χ4v) is 3.26. The van der Waals surface area contributed by atoms with Crippen LogP contribution in [-0.2, 0) is 10.9 Å². The molecule has 3 aromatic rings. The number of rotatable bonds is 3. The number of ether oxygens (including phenoxy) is 1. The lowest BCUT2D eigenvalue weighted by atomic mass is 9.99. The number of methoxy groups -OCH3 is 1. The number of halogens is 3. The third kappa shape index (κ3) is 3.53. The average molecular weight is 403 g/mol. The Hall–Kier alpha value is -3.42.